The molecule has 2 heterocycles. The van der Waals surface area contributed by atoms with Gasteiger partial charge in [0.1, 0.15) is 6.04 Å². The number of nitrogens with zero attached hydrogens (tertiary/aromatic N) is 2. The molecule has 1 N–H and O–H groups in total. The normalized spacial score (nSPS) is 23.2. The second-order valence-electron chi connectivity index (χ2n) is 7.26. The number of amides is 2. The lowest BCUT2D eigenvalue weighted by Crippen LogP contribution is -2.47. The van der Waals surface area contributed by atoms with Gasteiger partial charge in [-0.3, -0.25) is 9.69 Å². The van der Waals surface area contributed by atoms with E-state index in [1.54, 1.807) is 0 Å². The number of likely N-dealkylation sites (tertiary alicyclic amines) is 2. The van der Waals surface area contributed by atoms with Crippen molar-refractivity contribution >= 4 is 12.0 Å². The number of hydrogen-bond donors (Lipinski definition) is 1. The van der Waals surface area contributed by atoms with E-state index >= 15 is 0 Å². The van der Waals surface area contributed by atoms with Gasteiger partial charge in [-0.15, -0.1) is 0 Å². The number of carbonyl (C=O) groups excluding carboxylic acids is 2. The van der Waals surface area contributed by atoms with Gasteiger partial charge in [0.25, 0.3) is 0 Å². The van der Waals surface area contributed by atoms with Gasteiger partial charge in [-0.05, 0) is 43.7 Å². The van der Waals surface area contributed by atoms with Crippen molar-refractivity contribution in [1.82, 2.24) is 15.1 Å². The Morgan fingerprint density at radius 2 is 2.00 bits per heavy atom. The Bertz CT molecular complexity index is 608. The molecule has 0 radical (unpaired) electrons. The fourth-order valence-electron chi connectivity index (χ4n) is 3.95. The van der Waals surface area contributed by atoms with Crippen LogP contribution in [0.2, 0.25) is 0 Å². The molecule has 0 saturated carbocycles. The molecule has 2 saturated heterocycles. The third-order valence-electron chi connectivity index (χ3n) is 5.46. The van der Waals surface area contributed by atoms with Crippen molar-refractivity contribution in [1.29, 1.82) is 0 Å². The van der Waals surface area contributed by atoms with E-state index in [1.807, 2.05) is 6.07 Å². The maximum atomic E-state index is 12.5. The van der Waals surface area contributed by atoms with Crippen LogP contribution in [-0.4, -0.2) is 67.7 Å². The molecule has 0 bridgehead atoms. The van der Waals surface area contributed by atoms with E-state index in [-0.39, 0.29) is 11.9 Å². The van der Waals surface area contributed by atoms with Crippen LogP contribution in [0.5, 0.6) is 0 Å². The number of rotatable bonds is 6. The van der Waals surface area contributed by atoms with Gasteiger partial charge in [-0.1, -0.05) is 30.3 Å². The molecule has 0 aliphatic carbocycles. The van der Waals surface area contributed by atoms with Crippen LogP contribution in [0.25, 0.3) is 0 Å². The van der Waals surface area contributed by atoms with Crippen LogP contribution in [0.3, 0.4) is 0 Å². The van der Waals surface area contributed by atoms with Gasteiger partial charge in [-0.25, -0.2) is 4.79 Å². The summed E-state index contributed by atoms with van der Waals surface area (Å²) in [5.74, 6) is 0.443. The van der Waals surface area contributed by atoms with E-state index in [0.717, 1.165) is 45.3 Å². The van der Waals surface area contributed by atoms with Crippen LogP contribution in [-0.2, 0) is 16.0 Å². The summed E-state index contributed by atoms with van der Waals surface area (Å²) in [6.45, 7) is 4.46. The predicted molar refractivity (Wildman–Crippen MR) is 99.8 cm³/mol. The molecule has 2 amide bonds. The molecule has 142 valence electrons. The maximum Gasteiger partial charge on any atom is 0.410 e. The highest BCUT2D eigenvalue weighted by Crippen LogP contribution is 2.19. The Kier molecular flexibility index (Phi) is 6.50. The highest BCUT2D eigenvalue weighted by atomic mass is 16.5. The molecule has 2 aliphatic heterocycles. The first-order valence-corrected chi connectivity index (χ1v) is 9.56. The zero-order valence-corrected chi connectivity index (χ0v) is 15.5. The summed E-state index contributed by atoms with van der Waals surface area (Å²) in [6, 6.07) is 10.2. The number of nitrogens with one attached hydrogen (secondary N) is 1. The second kappa shape index (κ2) is 9.03. The first-order chi connectivity index (χ1) is 12.7. The summed E-state index contributed by atoms with van der Waals surface area (Å²) < 4.78 is 4.77. The van der Waals surface area contributed by atoms with Crippen LogP contribution in [0.15, 0.2) is 30.3 Å². The highest BCUT2D eigenvalue weighted by Gasteiger charge is 2.35. The van der Waals surface area contributed by atoms with Gasteiger partial charge in [0.05, 0.1) is 7.11 Å². The van der Waals surface area contributed by atoms with Crippen molar-refractivity contribution in [3.63, 3.8) is 0 Å². The fourth-order valence-corrected chi connectivity index (χ4v) is 3.95. The Balaban J connectivity index is 1.39. The minimum Gasteiger partial charge on any atom is -0.453 e. The minimum absolute atomic E-state index is 0.0457. The SMILES string of the molecule is COC(=O)N1CCCC1C(=O)NCC1CCN(CCc2ccccc2)C1. The molecule has 1 aromatic carbocycles. The third-order valence-corrected chi connectivity index (χ3v) is 5.46. The average Bonchev–Trinajstić information content (AvgIpc) is 3.34. The Morgan fingerprint density at radius 3 is 2.77 bits per heavy atom. The largest absolute Gasteiger partial charge is 0.453 e. The van der Waals surface area contributed by atoms with Crippen molar-refractivity contribution in [2.24, 2.45) is 5.92 Å². The molecule has 3 rings (SSSR count). The zero-order chi connectivity index (χ0) is 18.4. The van der Waals surface area contributed by atoms with Gasteiger partial charge in [-0.2, -0.15) is 0 Å². The smallest absolute Gasteiger partial charge is 0.410 e. The van der Waals surface area contributed by atoms with Gasteiger partial charge in [0, 0.05) is 26.2 Å². The van der Waals surface area contributed by atoms with E-state index in [0.29, 0.717) is 19.0 Å². The third kappa shape index (κ3) is 4.75. The Labute approximate surface area is 155 Å². The van der Waals surface area contributed by atoms with Crippen LogP contribution < -0.4 is 5.32 Å². The highest BCUT2D eigenvalue weighted by molar-refractivity contribution is 5.86. The molecular weight excluding hydrogens is 330 g/mol. The van der Waals surface area contributed by atoms with Crippen molar-refractivity contribution in [2.45, 2.75) is 31.7 Å². The lowest BCUT2D eigenvalue weighted by Gasteiger charge is -2.23. The molecular formula is C20H29N3O3. The zero-order valence-electron chi connectivity index (χ0n) is 15.5. The van der Waals surface area contributed by atoms with Gasteiger partial charge >= 0.3 is 6.09 Å². The summed E-state index contributed by atoms with van der Waals surface area (Å²) in [4.78, 5) is 28.2. The van der Waals surface area contributed by atoms with E-state index in [1.165, 1.54) is 17.6 Å². The summed E-state index contributed by atoms with van der Waals surface area (Å²) >= 11 is 0. The average molecular weight is 359 g/mol. The van der Waals surface area contributed by atoms with Gasteiger partial charge in [0.2, 0.25) is 5.91 Å². The lowest BCUT2D eigenvalue weighted by atomic mass is 10.1. The molecule has 2 unspecified atom stereocenters. The van der Waals surface area contributed by atoms with Crippen molar-refractivity contribution in [2.75, 3.05) is 39.8 Å². The van der Waals surface area contributed by atoms with Crippen molar-refractivity contribution < 1.29 is 14.3 Å². The van der Waals surface area contributed by atoms with E-state index in [9.17, 15) is 9.59 Å². The summed E-state index contributed by atoms with van der Waals surface area (Å²) in [6.07, 6.45) is 3.34. The molecule has 0 spiro atoms. The second-order valence-corrected chi connectivity index (χ2v) is 7.26. The minimum atomic E-state index is -0.407. The molecule has 1 aromatic rings. The quantitative estimate of drug-likeness (QED) is 0.843. The fraction of sp³-hybridized carbons (Fsp3) is 0.600. The van der Waals surface area contributed by atoms with E-state index in [4.69, 9.17) is 4.74 Å². The molecule has 2 fully saturated rings. The van der Waals surface area contributed by atoms with Crippen LogP contribution in [0.1, 0.15) is 24.8 Å². The maximum absolute atomic E-state index is 12.5. The summed E-state index contributed by atoms with van der Waals surface area (Å²) in [5.41, 5.74) is 1.37. The van der Waals surface area contributed by atoms with Gasteiger partial charge in [0.15, 0.2) is 0 Å². The topological polar surface area (TPSA) is 61.9 Å². The van der Waals surface area contributed by atoms with Crippen LogP contribution >= 0.6 is 0 Å². The molecule has 0 aromatic heterocycles. The first-order valence-electron chi connectivity index (χ1n) is 9.56. The first kappa shape index (κ1) is 18.7. The molecule has 2 aliphatic rings. The molecule has 26 heavy (non-hydrogen) atoms. The predicted octanol–water partition coefficient (Wildman–Crippen LogP) is 1.90. The molecule has 6 nitrogen and oxygen atoms in total. The Morgan fingerprint density at radius 1 is 1.19 bits per heavy atom. The number of benzene rings is 1. The van der Waals surface area contributed by atoms with Crippen LogP contribution in [0, 0.1) is 5.92 Å². The van der Waals surface area contributed by atoms with Gasteiger partial charge < -0.3 is 15.0 Å². The van der Waals surface area contributed by atoms with E-state index in [2.05, 4.69) is 34.5 Å². The number of ether oxygens (including phenoxy) is 1. The molecule has 6 heteroatoms. The van der Waals surface area contributed by atoms with E-state index < -0.39 is 6.09 Å². The molecule has 2 atom stereocenters. The van der Waals surface area contributed by atoms with Crippen LogP contribution in [0.4, 0.5) is 4.79 Å². The standard InChI is InChI=1S/C20H29N3O3/c1-26-20(25)23-11-5-8-18(23)19(24)21-14-17-10-13-22(15-17)12-9-16-6-3-2-4-7-16/h2-4,6-7,17-18H,5,8-15H2,1H3,(H,21,24). The van der Waals surface area contributed by atoms with Crippen molar-refractivity contribution in [3.8, 4) is 0 Å². The van der Waals surface area contributed by atoms with Crippen molar-refractivity contribution in [3.05, 3.63) is 35.9 Å². The number of hydrogen-bond acceptors (Lipinski definition) is 4. The number of methoxy groups -OCH3 is 1. The Hall–Kier alpha value is -2.08. The number of carbonyl (C=O) groups is 2. The lowest BCUT2D eigenvalue weighted by molar-refractivity contribution is -0.125. The summed E-state index contributed by atoms with van der Waals surface area (Å²) in [7, 11) is 1.36. The summed E-state index contributed by atoms with van der Waals surface area (Å²) in [5, 5.41) is 3.05. The monoisotopic (exact) mass is 359 g/mol.